The summed E-state index contributed by atoms with van der Waals surface area (Å²) in [6.07, 6.45) is 1.92. The number of hydrogen-bond donors (Lipinski definition) is 0. The van der Waals surface area contributed by atoms with Crippen molar-refractivity contribution in [3.05, 3.63) is 194 Å². The van der Waals surface area contributed by atoms with E-state index in [1.54, 1.807) is 0 Å². The molecule has 0 aliphatic heterocycles. The molecule has 0 radical (unpaired) electrons. The van der Waals surface area contributed by atoms with Crippen LogP contribution in [0.3, 0.4) is 0 Å². The van der Waals surface area contributed by atoms with Crippen molar-refractivity contribution in [3.8, 4) is 33.8 Å². The van der Waals surface area contributed by atoms with Crippen molar-refractivity contribution in [3.63, 3.8) is 0 Å². The van der Waals surface area contributed by atoms with Gasteiger partial charge in [-0.3, -0.25) is 4.98 Å². The van der Waals surface area contributed by atoms with E-state index in [0.717, 1.165) is 44.4 Å². The molecule has 9 aromatic carbocycles. The molecule has 56 heavy (non-hydrogen) atoms. The van der Waals surface area contributed by atoms with Gasteiger partial charge in [0.05, 0.1) is 45.0 Å². The average molecular weight is 713 g/mol. The molecule has 0 aliphatic carbocycles. The van der Waals surface area contributed by atoms with Crippen LogP contribution in [0.1, 0.15) is 0 Å². The first-order valence-electron chi connectivity index (χ1n) is 19.1. The Morgan fingerprint density at radius 2 is 0.875 bits per heavy atom. The monoisotopic (exact) mass is 712 g/mol. The van der Waals surface area contributed by atoms with Gasteiger partial charge < -0.3 is 9.13 Å². The number of rotatable bonds is 4. The summed E-state index contributed by atoms with van der Waals surface area (Å²) in [5.41, 5.74) is 13.2. The molecule has 3 heterocycles. The molecule has 260 valence electrons. The molecule has 0 fully saturated rings. The Kier molecular flexibility index (Phi) is 6.60. The number of para-hydroxylation sites is 3. The second-order valence-electron chi connectivity index (χ2n) is 14.6. The Morgan fingerprint density at radius 3 is 1.62 bits per heavy atom. The highest BCUT2D eigenvalue weighted by Crippen LogP contribution is 2.41. The fourth-order valence-electron chi connectivity index (χ4n) is 9.08. The fourth-order valence-corrected chi connectivity index (χ4v) is 9.08. The van der Waals surface area contributed by atoms with E-state index < -0.39 is 0 Å². The van der Waals surface area contributed by atoms with Crippen molar-refractivity contribution in [2.75, 3.05) is 0 Å². The molecule has 0 amide bonds. The van der Waals surface area contributed by atoms with E-state index in [0.29, 0.717) is 0 Å². The maximum absolute atomic E-state index is 5.25. The lowest BCUT2D eigenvalue weighted by atomic mass is 9.98. The van der Waals surface area contributed by atoms with Crippen LogP contribution in [-0.2, 0) is 0 Å². The van der Waals surface area contributed by atoms with Crippen LogP contribution < -0.4 is 0 Å². The van der Waals surface area contributed by atoms with E-state index in [2.05, 4.69) is 197 Å². The van der Waals surface area contributed by atoms with Gasteiger partial charge in [-0.1, -0.05) is 133 Å². The van der Waals surface area contributed by atoms with Crippen LogP contribution in [0.4, 0.5) is 0 Å². The first-order valence-corrected chi connectivity index (χ1v) is 19.1. The largest absolute Gasteiger partial charge is 0.309 e. The number of benzene rings is 9. The van der Waals surface area contributed by atoms with Crippen LogP contribution in [0.25, 0.3) is 110 Å². The zero-order chi connectivity index (χ0) is 36.7. The zero-order valence-corrected chi connectivity index (χ0v) is 30.3. The van der Waals surface area contributed by atoms with E-state index in [1.807, 2.05) is 6.20 Å². The summed E-state index contributed by atoms with van der Waals surface area (Å²) in [7, 11) is 0. The maximum atomic E-state index is 5.25. The number of aromatic nitrogens is 4. The van der Waals surface area contributed by atoms with Gasteiger partial charge in [-0.15, -0.1) is 0 Å². The highest BCUT2D eigenvalue weighted by atomic mass is 15.0. The SMILES string of the molecule is c1ccc(-n2c3ccccc3c3cc(-c4cccc5c4c4ccccc4n5-c4ccc(-c5cnc6c7ccccc7c7ccccc7c6n5)cc4)ccc32)cc1. The van der Waals surface area contributed by atoms with Gasteiger partial charge in [0.2, 0.25) is 0 Å². The zero-order valence-electron chi connectivity index (χ0n) is 30.3. The van der Waals surface area contributed by atoms with E-state index in [-0.39, 0.29) is 0 Å². The smallest absolute Gasteiger partial charge is 0.0979 e. The summed E-state index contributed by atoms with van der Waals surface area (Å²) >= 11 is 0. The molecule has 0 atom stereocenters. The third-order valence-electron chi connectivity index (χ3n) is 11.5. The molecule has 3 aromatic heterocycles. The molecule has 4 nitrogen and oxygen atoms in total. The van der Waals surface area contributed by atoms with Gasteiger partial charge in [0.25, 0.3) is 0 Å². The Labute approximate surface area is 322 Å². The molecule has 12 rings (SSSR count). The number of nitrogens with zero attached hydrogens (tertiary/aromatic N) is 4. The Hall–Kier alpha value is -7.56. The van der Waals surface area contributed by atoms with Crippen LogP contribution in [-0.4, -0.2) is 19.1 Å². The molecule has 0 saturated heterocycles. The van der Waals surface area contributed by atoms with Gasteiger partial charge in [0.15, 0.2) is 0 Å². The Balaban J connectivity index is 1.00. The van der Waals surface area contributed by atoms with E-state index in [9.17, 15) is 0 Å². The lowest BCUT2D eigenvalue weighted by Crippen LogP contribution is -1.95. The van der Waals surface area contributed by atoms with Crippen LogP contribution in [0.15, 0.2) is 194 Å². The normalized spacial score (nSPS) is 11.9. The first-order chi connectivity index (χ1) is 27.8. The van der Waals surface area contributed by atoms with Gasteiger partial charge >= 0.3 is 0 Å². The summed E-state index contributed by atoms with van der Waals surface area (Å²) in [6, 6.07) is 67.6. The molecule has 0 bridgehead atoms. The van der Waals surface area contributed by atoms with Gasteiger partial charge in [-0.25, -0.2) is 4.98 Å². The molecule has 0 saturated carbocycles. The first kappa shape index (κ1) is 30.9. The molecule has 0 aliphatic rings. The Morgan fingerprint density at radius 1 is 0.339 bits per heavy atom. The summed E-state index contributed by atoms with van der Waals surface area (Å²) in [5.74, 6) is 0. The minimum Gasteiger partial charge on any atom is -0.309 e. The fraction of sp³-hybridized carbons (Fsp3) is 0. The van der Waals surface area contributed by atoms with Crippen LogP contribution in [0, 0.1) is 0 Å². The van der Waals surface area contributed by atoms with Crippen LogP contribution in [0.5, 0.6) is 0 Å². The highest BCUT2D eigenvalue weighted by molar-refractivity contribution is 6.23. The second-order valence-corrected chi connectivity index (χ2v) is 14.6. The van der Waals surface area contributed by atoms with Crippen molar-refractivity contribution in [2.24, 2.45) is 0 Å². The van der Waals surface area contributed by atoms with Gasteiger partial charge in [-0.2, -0.15) is 0 Å². The lowest BCUT2D eigenvalue weighted by Gasteiger charge is -2.12. The summed E-state index contributed by atoms with van der Waals surface area (Å²) in [5, 5.41) is 9.62. The third kappa shape index (κ3) is 4.47. The van der Waals surface area contributed by atoms with Crippen molar-refractivity contribution in [2.45, 2.75) is 0 Å². The maximum Gasteiger partial charge on any atom is 0.0979 e. The van der Waals surface area contributed by atoms with E-state index >= 15 is 0 Å². The Bertz CT molecular complexity index is 3480. The second kappa shape index (κ2) is 12.0. The topological polar surface area (TPSA) is 35.6 Å². The van der Waals surface area contributed by atoms with Crippen molar-refractivity contribution < 1.29 is 0 Å². The lowest BCUT2D eigenvalue weighted by molar-refractivity contribution is 1.18. The predicted molar refractivity (Wildman–Crippen MR) is 234 cm³/mol. The molecule has 12 aromatic rings. The van der Waals surface area contributed by atoms with Crippen LogP contribution >= 0.6 is 0 Å². The number of fused-ring (bicyclic) bond motifs is 12. The van der Waals surface area contributed by atoms with Crippen LogP contribution in [0.2, 0.25) is 0 Å². The van der Waals surface area contributed by atoms with Crippen molar-refractivity contribution in [1.82, 2.24) is 19.1 Å². The van der Waals surface area contributed by atoms with E-state index in [1.165, 1.54) is 65.5 Å². The predicted octanol–water partition coefficient (Wildman–Crippen LogP) is 13.5. The average Bonchev–Trinajstić information content (AvgIpc) is 3.79. The molecular weight excluding hydrogens is 681 g/mol. The number of hydrogen-bond acceptors (Lipinski definition) is 2. The third-order valence-corrected chi connectivity index (χ3v) is 11.5. The molecule has 0 N–H and O–H groups in total. The van der Waals surface area contributed by atoms with E-state index in [4.69, 9.17) is 9.97 Å². The molecular formula is C52H32N4. The van der Waals surface area contributed by atoms with Gasteiger partial charge in [0, 0.05) is 49.3 Å². The van der Waals surface area contributed by atoms with Gasteiger partial charge in [0.1, 0.15) is 0 Å². The standard InChI is InChI=1S/C52H32N4/c1-2-13-35(14-3-1)55-46-22-10-8-17-40(46)44-31-34(27-30-48(44)55)37-21-12-24-49-50(37)43-20-9-11-23-47(43)56(49)36-28-25-33(26-29-36)45-32-53-51-41-18-6-4-15-38(41)39-16-5-7-19-42(39)52(51)54-45/h1-32H. The van der Waals surface area contributed by atoms with Crippen molar-refractivity contribution in [1.29, 1.82) is 0 Å². The summed E-state index contributed by atoms with van der Waals surface area (Å²) in [6.45, 7) is 0. The molecule has 0 unspecified atom stereocenters. The van der Waals surface area contributed by atoms with Crippen molar-refractivity contribution >= 4 is 76.2 Å². The summed E-state index contributed by atoms with van der Waals surface area (Å²) in [4.78, 5) is 10.3. The molecule has 0 spiro atoms. The van der Waals surface area contributed by atoms with Gasteiger partial charge in [-0.05, 0) is 76.5 Å². The minimum absolute atomic E-state index is 0.859. The quantitative estimate of drug-likeness (QED) is 0.170. The minimum atomic E-state index is 0.859. The highest BCUT2D eigenvalue weighted by Gasteiger charge is 2.19. The molecule has 4 heteroatoms. The summed E-state index contributed by atoms with van der Waals surface area (Å²) < 4.78 is 4.77.